The third-order valence-electron chi connectivity index (χ3n) is 4.16. The fourth-order valence-corrected chi connectivity index (χ4v) is 2.99. The molecular formula is C16H20FN3O. The van der Waals surface area contributed by atoms with Crippen LogP contribution in [0.3, 0.4) is 0 Å². The number of aliphatic hydroxyl groups is 1. The highest BCUT2D eigenvalue weighted by atomic mass is 19.1. The van der Waals surface area contributed by atoms with Gasteiger partial charge in [-0.1, -0.05) is 19.3 Å². The smallest absolute Gasteiger partial charge is 0.123 e. The number of nitrogen functional groups attached to an aromatic ring is 1. The Labute approximate surface area is 123 Å². The third-order valence-corrected chi connectivity index (χ3v) is 4.16. The number of benzene rings is 1. The molecule has 21 heavy (non-hydrogen) atoms. The van der Waals surface area contributed by atoms with Crippen LogP contribution in [0.2, 0.25) is 0 Å². The van der Waals surface area contributed by atoms with E-state index in [4.69, 9.17) is 5.73 Å². The van der Waals surface area contributed by atoms with Crippen LogP contribution in [0, 0.1) is 5.82 Å². The molecule has 1 saturated carbocycles. The van der Waals surface area contributed by atoms with Crippen LogP contribution in [0.4, 0.5) is 10.2 Å². The number of nitrogens with two attached hydrogens (primary N) is 1. The van der Waals surface area contributed by atoms with Gasteiger partial charge in [0.05, 0.1) is 17.8 Å². The van der Waals surface area contributed by atoms with Crippen molar-refractivity contribution in [2.45, 2.75) is 44.2 Å². The monoisotopic (exact) mass is 289 g/mol. The van der Waals surface area contributed by atoms with E-state index in [1.165, 1.54) is 12.1 Å². The molecule has 0 bridgehead atoms. The lowest BCUT2D eigenvalue weighted by molar-refractivity contribution is 0.100. The molecule has 0 spiro atoms. The summed E-state index contributed by atoms with van der Waals surface area (Å²) in [5.74, 6) is 0.269. The van der Waals surface area contributed by atoms with Gasteiger partial charge in [-0.05, 0) is 37.1 Å². The molecule has 1 fully saturated rings. The van der Waals surface area contributed by atoms with E-state index >= 15 is 0 Å². The summed E-state index contributed by atoms with van der Waals surface area (Å²) in [6.45, 7) is 0. The van der Waals surface area contributed by atoms with Crippen LogP contribution in [0.1, 0.15) is 38.1 Å². The topological polar surface area (TPSA) is 64.1 Å². The van der Waals surface area contributed by atoms with Gasteiger partial charge in [0, 0.05) is 11.6 Å². The number of halogens is 1. The zero-order chi connectivity index (χ0) is 14.8. The van der Waals surface area contributed by atoms with Crippen molar-refractivity contribution in [3.05, 3.63) is 36.1 Å². The van der Waals surface area contributed by atoms with Gasteiger partial charge >= 0.3 is 0 Å². The second kappa shape index (κ2) is 5.85. The van der Waals surface area contributed by atoms with Crippen LogP contribution < -0.4 is 5.73 Å². The Bertz CT molecular complexity index is 608. The van der Waals surface area contributed by atoms with Crippen LogP contribution in [0.5, 0.6) is 0 Å². The Morgan fingerprint density at radius 2 is 1.86 bits per heavy atom. The van der Waals surface area contributed by atoms with Gasteiger partial charge in [-0.3, -0.25) is 0 Å². The molecule has 2 aromatic rings. The first-order valence-corrected chi connectivity index (χ1v) is 7.44. The standard InChI is InChI=1S/C16H20FN3O/c17-12-8-6-11(7-9-12)13-10-16(18)20(19-13)14-4-2-1-3-5-15(14)21/h6-10,14-15,21H,1-5,18H2. The van der Waals surface area contributed by atoms with E-state index < -0.39 is 6.10 Å². The molecule has 3 N–H and O–H groups in total. The number of hydrogen-bond donors (Lipinski definition) is 2. The summed E-state index contributed by atoms with van der Waals surface area (Å²) in [6.07, 6.45) is 4.53. The minimum absolute atomic E-state index is 0.0679. The Balaban J connectivity index is 1.91. The lowest BCUT2D eigenvalue weighted by atomic mass is 10.1. The summed E-state index contributed by atoms with van der Waals surface area (Å²) in [7, 11) is 0. The van der Waals surface area contributed by atoms with Gasteiger partial charge in [0.25, 0.3) is 0 Å². The number of hydrogen-bond acceptors (Lipinski definition) is 3. The molecule has 0 amide bonds. The van der Waals surface area contributed by atoms with Crippen molar-refractivity contribution in [2.24, 2.45) is 0 Å². The molecule has 1 aromatic heterocycles. The van der Waals surface area contributed by atoms with Crippen molar-refractivity contribution in [1.29, 1.82) is 0 Å². The largest absolute Gasteiger partial charge is 0.391 e. The maximum atomic E-state index is 13.0. The van der Waals surface area contributed by atoms with Crippen LogP contribution in [0.15, 0.2) is 30.3 Å². The van der Waals surface area contributed by atoms with Crippen molar-refractivity contribution < 1.29 is 9.50 Å². The van der Waals surface area contributed by atoms with E-state index in [9.17, 15) is 9.50 Å². The second-order valence-electron chi connectivity index (χ2n) is 5.68. The summed E-state index contributed by atoms with van der Waals surface area (Å²) >= 11 is 0. The zero-order valence-electron chi connectivity index (χ0n) is 11.9. The molecule has 5 heteroatoms. The number of rotatable bonds is 2. The molecule has 4 nitrogen and oxygen atoms in total. The SMILES string of the molecule is Nc1cc(-c2ccc(F)cc2)nn1C1CCCCCC1O. The average Bonchev–Trinajstić information content (AvgIpc) is 2.72. The first-order valence-electron chi connectivity index (χ1n) is 7.44. The lowest BCUT2D eigenvalue weighted by Crippen LogP contribution is -2.25. The van der Waals surface area contributed by atoms with Crippen molar-refractivity contribution in [3.8, 4) is 11.3 Å². The normalized spacial score (nSPS) is 23.0. The molecule has 3 rings (SSSR count). The summed E-state index contributed by atoms with van der Waals surface area (Å²) in [5.41, 5.74) is 7.60. The van der Waals surface area contributed by atoms with Gasteiger partial charge < -0.3 is 10.8 Å². The summed E-state index contributed by atoms with van der Waals surface area (Å²) in [5, 5.41) is 14.8. The fourth-order valence-electron chi connectivity index (χ4n) is 2.99. The van der Waals surface area contributed by atoms with Crippen molar-refractivity contribution >= 4 is 5.82 Å². The molecule has 0 aliphatic heterocycles. The Morgan fingerprint density at radius 1 is 1.14 bits per heavy atom. The van der Waals surface area contributed by atoms with Crippen LogP contribution >= 0.6 is 0 Å². The van der Waals surface area contributed by atoms with E-state index in [2.05, 4.69) is 5.10 Å². The summed E-state index contributed by atoms with van der Waals surface area (Å²) < 4.78 is 14.7. The highest BCUT2D eigenvalue weighted by Crippen LogP contribution is 2.31. The Morgan fingerprint density at radius 3 is 2.62 bits per heavy atom. The van der Waals surface area contributed by atoms with Gasteiger partial charge in [-0.2, -0.15) is 5.10 Å². The highest BCUT2D eigenvalue weighted by molar-refractivity contribution is 5.62. The first-order chi connectivity index (χ1) is 10.1. The molecule has 1 aliphatic carbocycles. The first kappa shape index (κ1) is 14.1. The van der Waals surface area contributed by atoms with E-state index in [1.54, 1.807) is 22.9 Å². The Hall–Kier alpha value is -1.88. The molecule has 112 valence electrons. The van der Waals surface area contributed by atoms with E-state index in [-0.39, 0.29) is 11.9 Å². The average molecular weight is 289 g/mol. The molecule has 0 radical (unpaired) electrons. The number of aliphatic hydroxyl groups excluding tert-OH is 1. The van der Waals surface area contributed by atoms with E-state index in [1.807, 2.05) is 0 Å². The molecular weight excluding hydrogens is 269 g/mol. The molecule has 1 aromatic carbocycles. The minimum Gasteiger partial charge on any atom is -0.391 e. The van der Waals surface area contributed by atoms with Crippen LogP contribution in [-0.2, 0) is 0 Å². The van der Waals surface area contributed by atoms with Gasteiger partial charge in [0.2, 0.25) is 0 Å². The quantitative estimate of drug-likeness (QED) is 0.835. The van der Waals surface area contributed by atoms with Gasteiger partial charge in [-0.15, -0.1) is 0 Å². The van der Waals surface area contributed by atoms with Crippen molar-refractivity contribution in [2.75, 3.05) is 5.73 Å². The molecule has 1 heterocycles. The maximum Gasteiger partial charge on any atom is 0.123 e. The number of anilines is 1. The zero-order valence-corrected chi connectivity index (χ0v) is 11.9. The fraction of sp³-hybridized carbons (Fsp3) is 0.438. The predicted octanol–water partition coefficient (Wildman–Crippen LogP) is 3.14. The lowest BCUT2D eigenvalue weighted by Gasteiger charge is -2.21. The summed E-state index contributed by atoms with van der Waals surface area (Å²) in [4.78, 5) is 0. The van der Waals surface area contributed by atoms with Crippen molar-refractivity contribution in [3.63, 3.8) is 0 Å². The summed E-state index contributed by atoms with van der Waals surface area (Å²) in [6, 6.07) is 7.90. The van der Waals surface area contributed by atoms with Crippen LogP contribution in [0.25, 0.3) is 11.3 Å². The number of aromatic nitrogens is 2. The van der Waals surface area contributed by atoms with Crippen molar-refractivity contribution in [1.82, 2.24) is 9.78 Å². The van der Waals surface area contributed by atoms with E-state index in [0.29, 0.717) is 11.5 Å². The van der Waals surface area contributed by atoms with Crippen LogP contribution in [-0.4, -0.2) is 21.0 Å². The van der Waals surface area contributed by atoms with Gasteiger partial charge in [0.15, 0.2) is 0 Å². The third kappa shape index (κ3) is 2.93. The molecule has 1 aliphatic rings. The Kier molecular flexibility index (Phi) is 3.92. The molecule has 0 saturated heterocycles. The van der Waals surface area contributed by atoms with Gasteiger partial charge in [0.1, 0.15) is 11.6 Å². The maximum absolute atomic E-state index is 13.0. The highest BCUT2D eigenvalue weighted by Gasteiger charge is 2.25. The predicted molar refractivity (Wildman–Crippen MR) is 80.2 cm³/mol. The second-order valence-corrected chi connectivity index (χ2v) is 5.68. The molecule has 2 atom stereocenters. The van der Waals surface area contributed by atoms with E-state index in [0.717, 1.165) is 37.7 Å². The molecule has 2 unspecified atom stereocenters. The minimum atomic E-state index is -0.407. The number of nitrogens with zero attached hydrogens (tertiary/aromatic N) is 2. The van der Waals surface area contributed by atoms with Gasteiger partial charge in [-0.25, -0.2) is 9.07 Å².